The van der Waals surface area contributed by atoms with Crippen LogP contribution in [-0.2, 0) is 21.4 Å². The maximum absolute atomic E-state index is 12.8. The van der Waals surface area contributed by atoms with Crippen LogP contribution in [0.5, 0.6) is 0 Å². The number of carbonyl (C=O) groups is 2. The molecule has 1 saturated heterocycles. The Bertz CT molecular complexity index is 741. The predicted molar refractivity (Wildman–Crippen MR) is 115 cm³/mol. The fourth-order valence-corrected chi connectivity index (χ4v) is 4.48. The maximum Gasteiger partial charge on any atom is 0.250 e. The summed E-state index contributed by atoms with van der Waals surface area (Å²) in [4.78, 5) is 29.4. The Morgan fingerprint density at radius 2 is 2.03 bits per heavy atom. The number of carbonyl (C=O) groups excluding carboxylic acids is 2. The molecule has 2 heterocycles. The molecule has 1 saturated carbocycles. The number of ether oxygens (including phenoxy) is 1. The standard InChI is InChI=1S/C21H36N6O3/c1-16-17(12-26(4)24-16)23-19(28)14-27-10-11-30-18(13-27)20(29)22-15-21(25(2)3)8-6-5-7-9-21/h12,18H,5-11,13-15H2,1-4H3,(H,22,29)(H,23,28). The minimum absolute atomic E-state index is 0.0315. The Kier molecular flexibility index (Phi) is 7.49. The number of rotatable bonds is 7. The monoisotopic (exact) mass is 420 g/mol. The molecular formula is C21H36N6O3. The van der Waals surface area contributed by atoms with E-state index in [-0.39, 0.29) is 23.9 Å². The molecule has 9 heteroatoms. The number of aryl methyl sites for hydroxylation is 2. The highest BCUT2D eigenvalue weighted by Gasteiger charge is 2.36. The van der Waals surface area contributed by atoms with E-state index in [1.54, 1.807) is 10.9 Å². The third kappa shape index (κ3) is 5.59. The highest BCUT2D eigenvalue weighted by atomic mass is 16.5. The van der Waals surface area contributed by atoms with Gasteiger partial charge in [0.1, 0.15) is 6.10 Å². The van der Waals surface area contributed by atoms with Crippen molar-refractivity contribution < 1.29 is 14.3 Å². The van der Waals surface area contributed by atoms with Crippen LogP contribution >= 0.6 is 0 Å². The number of hydrogen-bond donors (Lipinski definition) is 2. The Morgan fingerprint density at radius 1 is 1.30 bits per heavy atom. The maximum atomic E-state index is 12.8. The summed E-state index contributed by atoms with van der Waals surface area (Å²) < 4.78 is 7.39. The summed E-state index contributed by atoms with van der Waals surface area (Å²) in [5.41, 5.74) is 1.53. The van der Waals surface area contributed by atoms with Gasteiger partial charge >= 0.3 is 0 Å². The largest absolute Gasteiger partial charge is 0.366 e. The average molecular weight is 421 g/mol. The van der Waals surface area contributed by atoms with E-state index in [0.29, 0.717) is 31.9 Å². The van der Waals surface area contributed by atoms with Crippen molar-refractivity contribution in [2.75, 3.05) is 52.2 Å². The van der Waals surface area contributed by atoms with Gasteiger partial charge in [0.25, 0.3) is 5.91 Å². The molecule has 1 aliphatic carbocycles. The van der Waals surface area contributed by atoms with Gasteiger partial charge in [-0.15, -0.1) is 0 Å². The van der Waals surface area contributed by atoms with E-state index in [1.807, 2.05) is 18.9 Å². The second-order valence-electron chi connectivity index (χ2n) is 8.84. The van der Waals surface area contributed by atoms with Crippen LogP contribution in [0.3, 0.4) is 0 Å². The number of nitrogens with zero attached hydrogens (tertiary/aromatic N) is 4. The number of morpholine rings is 1. The van der Waals surface area contributed by atoms with Gasteiger partial charge in [-0.25, -0.2) is 0 Å². The van der Waals surface area contributed by atoms with Crippen molar-refractivity contribution in [3.8, 4) is 0 Å². The van der Waals surface area contributed by atoms with Crippen LogP contribution in [0.2, 0.25) is 0 Å². The fraction of sp³-hybridized carbons (Fsp3) is 0.762. The zero-order valence-corrected chi connectivity index (χ0v) is 18.7. The van der Waals surface area contributed by atoms with Crippen LogP contribution in [0, 0.1) is 6.92 Å². The summed E-state index contributed by atoms with van der Waals surface area (Å²) in [5, 5.41) is 10.3. The first kappa shape index (κ1) is 22.7. The number of hydrogen-bond acceptors (Lipinski definition) is 6. The summed E-state index contributed by atoms with van der Waals surface area (Å²) >= 11 is 0. The Hall–Kier alpha value is -1.97. The van der Waals surface area contributed by atoms with Gasteiger partial charge in [0, 0.05) is 38.4 Å². The average Bonchev–Trinajstić information content (AvgIpc) is 3.03. The van der Waals surface area contributed by atoms with E-state index in [0.717, 1.165) is 18.5 Å². The molecule has 2 N–H and O–H groups in total. The molecule has 1 aromatic heterocycles. The second-order valence-corrected chi connectivity index (χ2v) is 8.84. The number of likely N-dealkylation sites (N-methyl/N-ethyl adjacent to an activating group) is 1. The van der Waals surface area contributed by atoms with Crippen LogP contribution in [-0.4, -0.2) is 89.9 Å². The molecule has 0 aromatic carbocycles. The molecule has 2 aliphatic rings. The lowest BCUT2D eigenvalue weighted by Gasteiger charge is -2.43. The zero-order valence-electron chi connectivity index (χ0n) is 18.7. The number of amides is 2. The lowest BCUT2D eigenvalue weighted by Crippen LogP contribution is -2.57. The minimum Gasteiger partial charge on any atom is -0.366 e. The summed E-state index contributed by atoms with van der Waals surface area (Å²) in [6, 6.07) is 0. The smallest absolute Gasteiger partial charge is 0.250 e. The Balaban J connectivity index is 1.49. The summed E-state index contributed by atoms with van der Waals surface area (Å²) in [7, 11) is 6.01. The van der Waals surface area contributed by atoms with Crippen molar-refractivity contribution >= 4 is 17.5 Å². The molecule has 0 bridgehead atoms. The molecule has 2 fully saturated rings. The van der Waals surface area contributed by atoms with Gasteiger partial charge in [0.05, 0.1) is 24.5 Å². The predicted octanol–water partition coefficient (Wildman–Crippen LogP) is 0.749. The third-order valence-electron chi connectivity index (χ3n) is 6.42. The van der Waals surface area contributed by atoms with Crippen molar-refractivity contribution in [1.82, 2.24) is 24.9 Å². The molecule has 1 aromatic rings. The number of anilines is 1. The van der Waals surface area contributed by atoms with Gasteiger partial charge in [-0.05, 0) is 33.9 Å². The van der Waals surface area contributed by atoms with Crippen LogP contribution in [0.25, 0.3) is 0 Å². The molecule has 1 aliphatic heterocycles. The van der Waals surface area contributed by atoms with Crippen molar-refractivity contribution in [2.45, 2.75) is 50.7 Å². The lowest BCUT2D eigenvalue weighted by molar-refractivity contribution is -0.140. The van der Waals surface area contributed by atoms with Crippen molar-refractivity contribution in [3.63, 3.8) is 0 Å². The molecular weight excluding hydrogens is 384 g/mol. The topological polar surface area (TPSA) is 91.7 Å². The minimum atomic E-state index is -0.547. The first-order chi connectivity index (χ1) is 14.3. The van der Waals surface area contributed by atoms with Crippen LogP contribution < -0.4 is 10.6 Å². The van der Waals surface area contributed by atoms with E-state index in [2.05, 4.69) is 34.7 Å². The van der Waals surface area contributed by atoms with Gasteiger partial charge in [-0.1, -0.05) is 19.3 Å². The van der Waals surface area contributed by atoms with E-state index in [4.69, 9.17) is 4.74 Å². The number of nitrogens with one attached hydrogen (secondary N) is 2. The van der Waals surface area contributed by atoms with Crippen LogP contribution in [0.4, 0.5) is 5.69 Å². The van der Waals surface area contributed by atoms with E-state index in [1.165, 1.54) is 19.3 Å². The quantitative estimate of drug-likeness (QED) is 0.676. The van der Waals surface area contributed by atoms with E-state index in [9.17, 15) is 9.59 Å². The molecule has 1 unspecified atom stereocenters. The van der Waals surface area contributed by atoms with Gasteiger partial charge in [-0.2, -0.15) is 5.10 Å². The third-order valence-corrected chi connectivity index (χ3v) is 6.42. The highest BCUT2D eigenvalue weighted by molar-refractivity contribution is 5.92. The van der Waals surface area contributed by atoms with Crippen LogP contribution in [0.15, 0.2) is 6.20 Å². The van der Waals surface area contributed by atoms with Crippen molar-refractivity contribution in [2.24, 2.45) is 7.05 Å². The summed E-state index contributed by atoms with van der Waals surface area (Å²) in [5.74, 6) is -0.198. The highest BCUT2D eigenvalue weighted by Crippen LogP contribution is 2.31. The summed E-state index contributed by atoms with van der Waals surface area (Å²) in [6.45, 7) is 4.21. The van der Waals surface area contributed by atoms with Crippen molar-refractivity contribution in [3.05, 3.63) is 11.9 Å². The molecule has 168 valence electrons. The Morgan fingerprint density at radius 3 is 2.67 bits per heavy atom. The molecule has 0 spiro atoms. The van der Waals surface area contributed by atoms with Gasteiger partial charge in [0.15, 0.2) is 0 Å². The van der Waals surface area contributed by atoms with Gasteiger partial charge in [0.2, 0.25) is 5.91 Å². The fourth-order valence-electron chi connectivity index (χ4n) is 4.48. The Labute approximate surface area is 179 Å². The number of aromatic nitrogens is 2. The van der Waals surface area contributed by atoms with E-state index >= 15 is 0 Å². The molecule has 30 heavy (non-hydrogen) atoms. The SMILES string of the molecule is Cc1nn(C)cc1NC(=O)CN1CCOC(C(=O)NCC2(N(C)C)CCCCC2)C1. The van der Waals surface area contributed by atoms with E-state index < -0.39 is 6.10 Å². The first-order valence-electron chi connectivity index (χ1n) is 10.9. The molecule has 0 radical (unpaired) electrons. The summed E-state index contributed by atoms with van der Waals surface area (Å²) in [6.07, 6.45) is 7.12. The zero-order chi connectivity index (χ0) is 21.7. The first-order valence-corrected chi connectivity index (χ1v) is 10.9. The van der Waals surface area contributed by atoms with Gasteiger partial charge < -0.3 is 20.3 Å². The molecule has 9 nitrogen and oxygen atoms in total. The lowest BCUT2D eigenvalue weighted by atomic mass is 9.80. The van der Waals surface area contributed by atoms with Gasteiger partial charge in [-0.3, -0.25) is 19.2 Å². The molecule has 2 amide bonds. The second kappa shape index (κ2) is 9.89. The normalized spacial score (nSPS) is 22.1. The molecule has 3 rings (SSSR count). The van der Waals surface area contributed by atoms with Crippen molar-refractivity contribution in [1.29, 1.82) is 0 Å². The van der Waals surface area contributed by atoms with Crippen LogP contribution in [0.1, 0.15) is 37.8 Å². The molecule has 1 atom stereocenters.